The molecule has 1 fully saturated rings. The van der Waals surface area contributed by atoms with Crippen LogP contribution in [0.25, 0.3) is 76.2 Å². The molecule has 429 valence electrons. The number of nitrogens with zero attached hydrogens (tertiary/aromatic N) is 3. The summed E-state index contributed by atoms with van der Waals surface area (Å²) in [5.74, 6) is 1.17. The van der Waals surface area contributed by atoms with Crippen LogP contribution < -0.4 is 0 Å². The van der Waals surface area contributed by atoms with E-state index in [0.29, 0.717) is 11.3 Å². The van der Waals surface area contributed by atoms with Gasteiger partial charge in [-0.1, -0.05) is 183 Å². The van der Waals surface area contributed by atoms with Crippen molar-refractivity contribution >= 4 is 38.1 Å². The zero-order valence-electron chi connectivity index (χ0n) is 50.9. The van der Waals surface area contributed by atoms with Crippen LogP contribution in [0.2, 0.25) is 0 Å². The van der Waals surface area contributed by atoms with E-state index in [0.717, 1.165) is 65.7 Å². The normalized spacial score (nSPS) is 12.9. The first-order valence-electron chi connectivity index (χ1n) is 29.8. The van der Waals surface area contributed by atoms with Crippen molar-refractivity contribution in [3.8, 4) is 55.2 Å². The summed E-state index contributed by atoms with van der Waals surface area (Å²) in [5, 5.41) is 12.3. The first-order valence-corrected chi connectivity index (χ1v) is 30.6. The van der Waals surface area contributed by atoms with Gasteiger partial charge in [0.2, 0.25) is 0 Å². The fraction of sp³-hybridized carbons (Fsp3) is 0.360. The van der Waals surface area contributed by atoms with E-state index >= 15 is 0 Å². The monoisotopic (exact) mass is 1280 g/mol. The Morgan fingerprint density at radius 2 is 1.27 bits per heavy atom. The van der Waals surface area contributed by atoms with Crippen molar-refractivity contribution in [3.05, 3.63) is 196 Å². The average Bonchev–Trinajstić information content (AvgIpc) is 3.24. The van der Waals surface area contributed by atoms with Crippen LogP contribution >= 0.6 is 11.3 Å². The Morgan fingerprint density at radius 1 is 0.671 bits per heavy atom. The number of hydrogen-bond donors (Lipinski definition) is 1. The second kappa shape index (κ2) is 28.7. The average molecular weight is 1280 g/mol. The molecule has 0 amide bonds. The van der Waals surface area contributed by atoms with Gasteiger partial charge in [-0.15, -0.1) is 75.4 Å². The van der Waals surface area contributed by atoms with Crippen LogP contribution in [0.3, 0.4) is 0 Å². The maximum atomic E-state index is 11.7. The van der Waals surface area contributed by atoms with E-state index in [9.17, 15) is 9.90 Å². The Kier molecular flexibility index (Phi) is 22.2. The molecular weight excluding hydrogens is 1200 g/mol. The number of pyridine rings is 1. The van der Waals surface area contributed by atoms with Gasteiger partial charge in [-0.25, -0.2) is 4.98 Å². The minimum Gasteiger partial charge on any atom is -0.512 e. The van der Waals surface area contributed by atoms with Crippen molar-refractivity contribution in [1.29, 1.82) is 0 Å². The topological polar surface area (TPSA) is 76.0 Å². The summed E-state index contributed by atoms with van der Waals surface area (Å²) in [7, 11) is 0. The number of aliphatic hydroxyl groups is 1. The summed E-state index contributed by atoms with van der Waals surface area (Å²) in [6.07, 6.45) is 16.2. The Morgan fingerprint density at radius 3 is 1.88 bits per heavy atom. The van der Waals surface area contributed by atoms with Crippen LogP contribution in [-0.4, -0.2) is 25.8 Å². The Labute approximate surface area is 508 Å². The van der Waals surface area contributed by atoms with E-state index in [4.69, 9.17) is 9.97 Å². The second-order valence-corrected chi connectivity index (χ2v) is 25.0. The van der Waals surface area contributed by atoms with Crippen LogP contribution in [0.1, 0.15) is 157 Å². The van der Waals surface area contributed by atoms with Gasteiger partial charge >= 0.3 is 0 Å². The van der Waals surface area contributed by atoms with E-state index in [1.807, 2.05) is 45.2 Å². The number of aliphatic hydroxyl groups excluding tert-OH is 1. The molecule has 7 heteroatoms. The summed E-state index contributed by atoms with van der Waals surface area (Å²) in [6, 6.07) is 49.2. The van der Waals surface area contributed by atoms with Crippen LogP contribution in [-0.2, 0) is 31.3 Å². The SMILES string of the molecule is CCC(CC)C(=O)/C=C(\O)C(CC)CC.Cc1[c-]c(-c2cc(-c3ccc(-c4ccc(CC(C)(C)C)cc4)cc3)ccn2)cc(C)c1.Cc1cc(C)c(-c2sc3c(-c4[c-]c5ccccc5c(C5CCCCC5)c4)ncnc3c2C)c(C)c1.[Ir]. The molecule has 1 aliphatic carbocycles. The maximum Gasteiger partial charge on any atom is 0.162 e. The van der Waals surface area contributed by atoms with Gasteiger partial charge in [0.15, 0.2) is 5.78 Å². The summed E-state index contributed by atoms with van der Waals surface area (Å²) < 4.78 is 1.17. The molecule has 6 aromatic carbocycles. The minimum atomic E-state index is 0. The molecule has 9 aromatic rings. The van der Waals surface area contributed by atoms with Crippen molar-refractivity contribution in [2.45, 2.75) is 160 Å². The Bertz CT molecular complexity index is 3580. The number of thiophene rings is 1. The molecule has 1 radical (unpaired) electrons. The first-order chi connectivity index (χ1) is 38.9. The Balaban J connectivity index is 0.000000190. The fourth-order valence-corrected chi connectivity index (χ4v) is 13.4. The van der Waals surface area contributed by atoms with Crippen LogP contribution in [0.5, 0.6) is 0 Å². The predicted molar refractivity (Wildman–Crippen MR) is 345 cm³/mol. The minimum absolute atomic E-state index is 0. The fourth-order valence-electron chi connectivity index (χ4n) is 12.0. The molecule has 1 N–H and O–H groups in total. The number of aryl methyl sites for hydroxylation is 6. The maximum absolute atomic E-state index is 11.7. The molecule has 0 atom stereocenters. The number of fused-ring (bicyclic) bond motifs is 2. The zero-order valence-corrected chi connectivity index (χ0v) is 54.2. The number of rotatable bonds is 14. The van der Waals surface area contributed by atoms with E-state index < -0.39 is 0 Å². The van der Waals surface area contributed by atoms with Gasteiger partial charge in [-0.3, -0.25) is 9.78 Å². The molecule has 0 saturated heterocycles. The quantitative estimate of drug-likeness (QED) is 0.0667. The standard InChI is InChI=1S/C32H31N2S.C30H30N.C13H24O2.Ir/c1-19-14-20(2)28(21(3)15-19)31-22(4)29-32(35-31)30(34-18-33-29)25-16-24-12-8-9-13-26(24)27(17-25)23-10-6-5-7-11-23;1-21-16-22(2)18-28(17-21)29-19-27(14-15-31-29)26-12-10-25(11-13-26)24-8-6-23(7-9-24)20-30(3,4)5;1-5-10(6-2)12(14)9-13(15)11(7-3)8-4;/h8-9,12-15,17-18,23H,5-7,10-11H2,1-4H3;6-17,19H,20H2,1-5H3;9-11,14H,5-8H2,1-4H3;/q2*-1;;/b;;12-9-;. The third-order valence-electron chi connectivity index (χ3n) is 16.2. The molecular formula is C75H85IrN3O2S-2. The van der Waals surface area contributed by atoms with Gasteiger partial charge in [0, 0.05) is 59.5 Å². The number of carbonyl (C=O) groups is 1. The smallest absolute Gasteiger partial charge is 0.162 e. The summed E-state index contributed by atoms with van der Waals surface area (Å²) in [6.45, 7) is 27.9. The number of ketones is 1. The molecule has 1 aliphatic rings. The molecule has 0 spiro atoms. The van der Waals surface area contributed by atoms with E-state index in [2.05, 4.69) is 195 Å². The van der Waals surface area contributed by atoms with E-state index in [1.165, 1.54) is 125 Å². The largest absolute Gasteiger partial charge is 0.512 e. The molecule has 1 saturated carbocycles. The van der Waals surface area contributed by atoms with Crippen molar-refractivity contribution in [1.82, 2.24) is 15.0 Å². The molecule has 0 bridgehead atoms. The summed E-state index contributed by atoms with van der Waals surface area (Å²) >= 11 is 1.83. The van der Waals surface area contributed by atoms with Crippen molar-refractivity contribution in [2.75, 3.05) is 0 Å². The molecule has 3 aromatic heterocycles. The third-order valence-corrected chi connectivity index (χ3v) is 17.5. The molecule has 3 heterocycles. The van der Waals surface area contributed by atoms with Gasteiger partial charge in [-0.05, 0) is 146 Å². The van der Waals surface area contributed by atoms with Gasteiger partial charge in [-0.2, -0.15) is 0 Å². The molecule has 82 heavy (non-hydrogen) atoms. The molecule has 0 aliphatic heterocycles. The number of benzene rings is 6. The molecule has 5 nitrogen and oxygen atoms in total. The van der Waals surface area contributed by atoms with Crippen molar-refractivity contribution < 1.29 is 30.0 Å². The van der Waals surface area contributed by atoms with Gasteiger partial charge in [0.1, 0.15) is 6.33 Å². The summed E-state index contributed by atoms with van der Waals surface area (Å²) in [4.78, 5) is 27.2. The molecule has 10 rings (SSSR count). The van der Waals surface area contributed by atoms with E-state index in [-0.39, 0.29) is 43.5 Å². The number of aromatic nitrogens is 3. The first kappa shape index (κ1) is 63.2. The van der Waals surface area contributed by atoms with Crippen molar-refractivity contribution in [3.63, 3.8) is 0 Å². The molecule has 0 unspecified atom stereocenters. The van der Waals surface area contributed by atoms with E-state index in [1.54, 1.807) is 6.33 Å². The number of allylic oxidation sites excluding steroid dienone is 2. The van der Waals surface area contributed by atoms with Crippen molar-refractivity contribution in [2.24, 2.45) is 17.3 Å². The second-order valence-electron chi connectivity index (χ2n) is 23.9. The Hall–Kier alpha value is -6.37. The number of hydrogen-bond acceptors (Lipinski definition) is 6. The van der Waals surface area contributed by atoms with Gasteiger partial charge < -0.3 is 10.1 Å². The van der Waals surface area contributed by atoms with Crippen LogP contribution in [0, 0.1) is 70.9 Å². The van der Waals surface area contributed by atoms with Crippen LogP contribution in [0.4, 0.5) is 0 Å². The summed E-state index contributed by atoms with van der Waals surface area (Å²) in [5.41, 5.74) is 22.1. The number of carbonyl (C=O) groups excluding carboxylic acids is 1. The predicted octanol–water partition coefficient (Wildman–Crippen LogP) is 21.2. The van der Waals surface area contributed by atoms with Gasteiger partial charge in [0.05, 0.1) is 11.3 Å². The third kappa shape index (κ3) is 15.6. The zero-order chi connectivity index (χ0) is 58.0. The van der Waals surface area contributed by atoms with Gasteiger partial charge in [0.25, 0.3) is 0 Å². The van der Waals surface area contributed by atoms with Crippen LogP contribution in [0.15, 0.2) is 140 Å².